The molecule has 0 spiro atoms. The van der Waals surface area contributed by atoms with E-state index in [9.17, 15) is 14.5 Å². The Hall–Kier alpha value is -1.92. The van der Waals surface area contributed by atoms with Crippen molar-refractivity contribution in [3.63, 3.8) is 0 Å². The molecule has 19 heavy (non-hydrogen) atoms. The summed E-state index contributed by atoms with van der Waals surface area (Å²) in [6, 6.07) is 6.42. The lowest BCUT2D eigenvalue weighted by Gasteiger charge is -2.07. The smallest absolute Gasteiger partial charge is 0.311 e. The average molecular weight is 302 g/mol. The maximum Gasteiger partial charge on any atom is 0.311 e. The van der Waals surface area contributed by atoms with Crippen LogP contribution >= 0.6 is 23.2 Å². The van der Waals surface area contributed by atoms with Gasteiger partial charge in [-0.2, -0.15) is 0 Å². The lowest BCUT2D eigenvalue weighted by molar-refractivity contribution is -0.384. The molecule has 0 aliphatic heterocycles. The van der Waals surface area contributed by atoms with Crippen LogP contribution in [-0.4, -0.2) is 9.91 Å². The second-order valence-corrected chi connectivity index (χ2v) is 4.31. The standard InChI is InChI=1S/C11H6Cl2FN3O2/c12-7-2-1-6(5-8(7)14)15-11-9(17(18)19)3-4-10(13)16-11/h1-5H,(H,15,16). The van der Waals surface area contributed by atoms with Crippen LogP contribution in [0.5, 0.6) is 0 Å². The molecule has 5 nitrogen and oxygen atoms in total. The van der Waals surface area contributed by atoms with E-state index in [2.05, 4.69) is 10.3 Å². The number of nitrogens with one attached hydrogen (secondary N) is 1. The third kappa shape index (κ3) is 3.10. The largest absolute Gasteiger partial charge is 0.334 e. The number of hydrogen-bond donors (Lipinski definition) is 1. The highest BCUT2D eigenvalue weighted by molar-refractivity contribution is 6.30. The Morgan fingerprint density at radius 3 is 2.63 bits per heavy atom. The maximum absolute atomic E-state index is 13.3. The molecule has 2 aromatic rings. The van der Waals surface area contributed by atoms with E-state index in [0.29, 0.717) is 0 Å². The van der Waals surface area contributed by atoms with Gasteiger partial charge in [0.2, 0.25) is 5.82 Å². The fourth-order valence-electron chi connectivity index (χ4n) is 1.38. The van der Waals surface area contributed by atoms with Crippen molar-refractivity contribution >= 4 is 40.4 Å². The minimum absolute atomic E-state index is 0.0425. The summed E-state index contributed by atoms with van der Waals surface area (Å²) in [5, 5.41) is 13.5. The molecule has 1 N–H and O–H groups in total. The van der Waals surface area contributed by atoms with Crippen LogP contribution in [0.1, 0.15) is 0 Å². The monoisotopic (exact) mass is 301 g/mol. The van der Waals surface area contributed by atoms with Gasteiger partial charge >= 0.3 is 5.69 Å². The third-order valence-electron chi connectivity index (χ3n) is 2.22. The zero-order valence-electron chi connectivity index (χ0n) is 9.23. The Morgan fingerprint density at radius 2 is 2.00 bits per heavy atom. The van der Waals surface area contributed by atoms with Crippen molar-refractivity contribution < 1.29 is 9.31 Å². The van der Waals surface area contributed by atoms with Crippen LogP contribution in [-0.2, 0) is 0 Å². The molecule has 8 heteroatoms. The number of aromatic nitrogens is 1. The molecule has 0 amide bonds. The van der Waals surface area contributed by atoms with Crippen LogP contribution in [0.2, 0.25) is 10.2 Å². The molecule has 2 rings (SSSR count). The number of anilines is 2. The van der Waals surface area contributed by atoms with Crippen LogP contribution in [0.4, 0.5) is 21.6 Å². The van der Waals surface area contributed by atoms with E-state index < -0.39 is 10.7 Å². The number of pyridine rings is 1. The van der Waals surface area contributed by atoms with Gasteiger partial charge in [0.25, 0.3) is 0 Å². The zero-order valence-corrected chi connectivity index (χ0v) is 10.7. The lowest BCUT2D eigenvalue weighted by Crippen LogP contribution is -2.00. The predicted molar refractivity (Wildman–Crippen MR) is 70.6 cm³/mol. The first-order chi connectivity index (χ1) is 8.97. The van der Waals surface area contributed by atoms with Gasteiger partial charge < -0.3 is 5.32 Å². The van der Waals surface area contributed by atoms with Crippen molar-refractivity contribution in [2.45, 2.75) is 0 Å². The Kier molecular flexibility index (Phi) is 3.82. The molecule has 0 atom stereocenters. The van der Waals surface area contributed by atoms with Gasteiger partial charge in [0.15, 0.2) is 0 Å². The number of benzene rings is 1. The van der Waals surface area contributed by atoms with E-state index in [1.807, 2.05) is 0 Å². The molecule has 1 aromatic carbocycles. The van der Waals surface area contributed by atoms with Gasteiger partial charge in [0.05, 0.1) is 9.95 Å². The second-order valence-electron chi connectivity index (χ2n) is 3.51. The Morgan fingerprint density at radius 1 is 1.26 bits per heavy atom. The summed E-state index contributed by atoms with van der Waals surface area (Å²) >= 11 is 11.2. The molecule has 0 unspecified atom stereocenters. The van der Waals surface area contributed by atoms with E-state index >= 15 is 0 Å². The zero-order chi connectivity index (χ0) is 14.0. The molecule has 0 fully saturated rings. The molecular weight excluding hydrogens is 296 g/mol. The molecule has 0 radical (unpaired) electrons. The van der Waals surface area contributed by atoms with Gasteiger partial charge in [-0.05, 0) is 24.3 Å². The van der Waals surface area contributed by atoms with Gasteiger partial charge in [-0.1, -0.05) is 23.2 Å². The van der Waals surface area contributed by atoms with Crippen molar-refractivity contribution in [3.05, 3.63) is 56.4 Å². The molecule has 98 valence electrons. The number of halogens is 3. The van der Waals surface area contributed by atoms with Gasteiger partial charge in [0.1, 0.15) is 11.0 Å². The Balaban J connectivity index is 2.39. The highest BCUT2D eigenvalue weighted by Gasteiger charge is 2.16. The topological polar surface area (TPSA) is 68.1 Å². The first-order valence-electron chi connectivity index (χ1n) is 5.00. The Bertz CT molecular complexity index is 652. The van der Waals surface area contributed by atoms with Gasteiger partial charge in [-0.15, -0.1) is 0 Å². The van der Waals surface area contributed by atoms with Crippen molar-refractivity contribution in [1.29, 1.82) is 0 Å². The van der Waals surface area contributed by atoms with E-state index in [1.165, 1.54) is 24.3 Å². The molecule has 0 aliphatic carbocycles. The van der Waals surface area contributed by atoms with Crippen LogP contribution in [0.15, 0.2) is 30.3 Å². The summed E-state index contributed by atoms with van der Waals surface area (Å²) in [6.07, 6.45) is 0. The number of rotatable bonds is 3. The van der Waals surface area contributed by atoms with Gasteiger partial charge in [-0.25, -0.2) is 9.37 Å². The fourth-order valence-corrected chi connectivity index (χ4v) is 1.64. The third-order valence-corrected chi connectivity index (χ3v) is 2.74. The van der Waals surface area contributed by atoms with Crippen LogP contribution in [0.25, 0.3) is 0 Å². The van der Waals surface area contributed by atoms with E-state index in [0.717, 1.165) is 6.07 Å². The second kappa shape index (κ2) is 5.38. The van der Waals surface area contributed by atoms with Crippen molar-refractivity contribution in [2.75, 3.05) is 5.32 Å². The molecular formula is C11H6Cl2FN3O2. The summed E-state index contributed by atoms with van der Waals surface area (Å²) in [6.45, 7) is 0. The van der Waals surface area contributed by atoms with Crippen molar-refractivity contribution in [2.24, 2.45) is 0 Å². The maximum atomic E-state index is 13.3. The minimum Gasteiger partial charge on any atom is -0.334 e. The number of nitrogens with zero attached hydrogens (tertiary/aromatic N) is 2. The highest BCUT2D eigenvalue weighted by atomic mass is 35.5. The van der Waals surface area contributed by atoms with E-state index in [4.69, 9.17) is 23.2 Å². The molecule has 1 aromatic heterocycles. The average Bonchev–Trinajstić information content (AvgIpc) is 2.33. The van der Waals surface area contributed by atoms with Crippen LogP contribution < -0.4 is 5.32 Å². The molecule has 0 aliphatic rings. The highest BCUT2D eigenvalue weighted by Crippen LogP contribution is 2.28. The van der Waals surface area contributed by atoms with Gasteiger partial charge in [-0.3, -0.25) is 10.1 Å². The first kappa shape index (κ1) is 13.5. The summed E-state index contributed by atoms with van der Waals surface area (Å²) < 4.78 is 13.3. The fraction of sp³-hybridized carbons (Fsp3) is 0. The van der Waals surface area contributed by atoms with Crippen molar-refractivity contribution in [3.8, 4) is 0 Å². The van der Waals surface area contributed by atoms with Crippen LogP contribution in [0.3, 0.4) is 0 Å². The summed E-state index contributed by atoms with van der Waals surface area (Å²) in [5.74, 6) is -0.712. The lowest BCUT2D eigenvalue weighted by atomic mass is 10.3. The molecule has 0 saturated heterocycles. The summed E-state index contributed by atoms with van der Waals surface area (Å²) in [4.78, 5) is 14.0. The number of hydrogen-bond acceptors (Lipinski definition) is 4. The first-order valence-corrected chi connectivity index (χ1v) is 5.76. The molecule has 1 heterocycles. The molecule has 0 bridgehead atoms. The van der Waals surface area contributed by atoms with E-state index in [1.54, 1.807) is 0 Å². The summed E-state index contributed by atoms with van der Waals surface area (Å²) in [7, 11) is 0. The van der Waals surface area contributed by atoms with E-state index in [-0.39, 0.29) is 27.4 Å². The van der Waals surface area contributed by atoms with Crippen LogP contribution in [0, 0.1) is 15.9 Å². The molecule has 0 saturated carbocycles. The Labute approximate surface area is 117 Å². The normalized spacial score (nSPS) is 10.3. The number of nitro groups is 1. The quantitative estimate of drug-likeness (QED) is 0.524. The van der Waals surface area contributed by atoms with Crippen molar-refractivity contribution in [1.82, 2.24) is 4.98 Å². The minimum atomic E-state index is -0.642. The predicted octanol–water partition coefficient (Wildman–Crippen LogP) is 4.18. The SMILES string of the molecule is O=[N+]([O-])c1ccc(Cl)nc1Nc1ccc(Cl)c(F)c1. The summed E-state index contributed by atoms with van der Waals surface area (Å²) in [5.41, 5.74) is 0.0134. The van der Waals surface area contributed by atoms with Gasteiger partial charge in [0, 0.05) is 11.8 Å².